The molecule has 1 rings (SSSR count). The van der Waals surface area contributed by atoms with Crippen molar-refractivity contribution in [1.29, 1.82) is 0 Å². The van der Waals surface area contributed by atoms with E-state index in [9.17, 15) is 29.1 Å². The van der Waals surface area contributed by atoms with Gasteiger partial charge in [0, 0.05) is 6.42 Å². The summed E-state index contributed by atoms with van der Waals surface area (Å²) in [4.78, 5) is 61.1. The average molecular weight is 543 g/mol. The van der Waals surface area contributed by atoms with Crippen molar-refractivity contribution < 1.29 is 34.2 Å². The van der Waals surface area contributed by atoms with Gasteiger partial charge in [-0.05, 0) is 42.4 Å². The lowest BCUT2D eigenvalue weighted by Gasteiger charge is -2.25. The van der Waals surface area contributed by atoms with Gasteiger partial charge in [-0.3, -0.25) is 19.2 Å². The Morgan fingerprint density at radius 1 is 0.806 bits per heavy atom. The smallest absolute Gasteiger partial charge is 0.326 e. The molecule has 4 unspecified atom stereocenters. The van der Waals surface area contributed by atoms with Gasteiger partial charge in [0.1, 0.15) is 18.1 Å². The van der Waals surface area contributed by atoms with Gasteiger partial charge in [-0.25, -0.2) is 4.79 Å². The molecule has 11 nitrogen and oxygen atoms in total. The van der Waals surface area contributed by atoms with Crippen molar-refractivity contribution in [3.8, 4) is 0 Å². The van der Waals surface area contributed by atoms with Crippen LogP contribution in [0.5, 0.6) is 0 Å². The summed E-state index contributed by atoms with van der Waals surface area (Å²) in [5.74, 6) is -3.65. The average Bonchev–Trinajstić information content (AvgIpc) is 2.84. The molecule has 0 aliphatic heterocycles. The number of carboxylic acid groups (broad SMARTS) is 2. The summed E-state index contributed by atoms with van der Waals surface area (Å²) in [6.45, 7) is 0. The lowest BCUT2D eigenvalue weighted by Crippen LogP contribution is -2.58. The van der Waals surface area contributed by atoms with Crippen LogP contribution in [0, 0.1) is 0 Å². The highest BCUT2D eigenvalue weighted by Gasteiger charge is 2.31. The Hall–Kier alpha value is -2.77. The fourth-order valence-electron chi connectivity index (χ4n) is 3.14. The van der Waals surface area contributed by atoms with E-state index in [4.69, 9.17) is 10.8 Å². The molecule has 13 heteroatoms. The summed E-state index contributed by atoms with van der Waals surface area (Å²) in [6, 6.07) is 4.08. The molecule has 0 spiro atoms. The summed E-state index contributed by atoms with van der Waals surface area (Å²) in [5.41, 5.74) is 6.61. The largest absolute Gasteiger partial charge is 0.481 e. The summed E-state index contributed by atoms with van der Waals surface area (Å²) in [7, 11) is 0. The predicted molar refractivity (Wildman–Crippen MR) is 140 cm³/mol. The molecule has 0 aromatic heterocycles. The molecule has 200 valence electrons. The minimum Gasteiger partial charge on any atom is -0.481 e. The highest BCUT2D eigenvalue weighted by atomic mass is 32.2. The Morgan fingerprint density at radius 3 is 1.89 bits per heavy atom. The fraction of sp³-hybridized carbons (Fsp3) is 0.522. The monoisotopic (exact) mass is 542 g/mol. The lowest BCUT2D eigenvalue weighted by molar-refractivity contribution is -0.147. The molecule has 3 amide bonds. The molecule has 36 heavy (non-hydrogen) atoms. The summed E-state index contributed by atoms with van der Waals surface area (Å²) in [5, 5.41) is 25.7. The van der Waals surface area contributed by atoms with Gasteiger partial charge < -0.3 is 31.9 Å². The SMILES string of the molecule is CSCCC(N)C(=O)NC(CCSC)C(=O)NC(Cc1ccccc1)C(=O)NC(CC(=O)O)C(=O)O. The van der Waals surface area contributed by atoms with Crippen molar-refractivity contribution in [3.63, 3.8) is 0 Å². The third-order valence-corrected chi connectivity index (χ3v) is 6.41. The second-order valence-electron chi connectivity index (χ2n) is 7.98. The van der Waals surface area contributed by atoms with Crippen LogP contribution in [0.15, 0.2) is 30.3 Å². The van der Waals surface area contributed by atoms with Crippen molar-refractivity contribution in [3.05, 3.63) is 35.9 Å². The van der Waals surface area contributed by atoms with Crippen LogP contribution >= 0.6 is 23.5 Å². The van der Waals surface area contributed by atoms with E-state index >= 15 is 0 Å². The van der Waals surface area contributed by atoms with Gasteiger partial charge in [-0.1, -0.05) is 30.3 Å². The van der Waals surface area contributed by atoms with Crippen LogP contribution in [-0.4, -0.2) is 88.1 Å². The van der Waals surface area contributed by atoms with Gasteiger partial charge in [0.2, 0.25) is 17.7 Å². The Morgan fingerprint density at radius 2 is 1.33 bits per heavy atom. The molecule has 0 saturated heterocycles. The van der Waals surface area contributed by atoms with E-state index in [1.165, 1.54) is 11.8 Å². The molecule has 0 heterocycles. The van der Waals surface area contributed by atoms with E-state index in [1.807, 2.05) is 12.5 Å². The Kier molecular flexibility index (Phi) is 14.6. The zero-order chi connectivity index (χ0) is 27.1. The zero-order valence-corrected chi connectivity index (χ0v) is 21.9. The van der Waals surface area contributed by atoms with E-state index in [2.05, 4.69) is 16.0 Å². The number of carbonyl (C=O) groups excluding carboxylic acids is 3. The first-order valence-corrected chi connectivity index (χ1v) is 14.0. The highest BCUT2D eigenvalue weighted by Crippen LogP contribution is 2.08. The van der Waals surface area contributed by atoms with Gasteiger partial charge in [0.05, 0.1) is 12.5 Å². The number of carbonyl (C=O) groups is 5. The Balaban J connectivity index is 3.08. The maximum atomic E-state index is 13.2. The van der Waals surface area contributed by atoms with E-state index in [0.717, 1.165) is 0 Å². The van der Waals surface area contributed by atoms with Crippen LogP contribution in [-0.2, 0) is 30.4 Å². The molecular formula is C23H34N4O7S2. The summed E-state index contributed by atoms with van der Waals surface area (Å²) < 4.78 is 0. The standard InChI is InChI=1S/C23H34N4O7S2/c1-35-10-8-15(24)20(30)25-16(9-11-36-2)21(31)26-17(12-14-6-4-3-5-7-14)22(32)27-18(23(33)34)13-19(28)29/h3-7,15-18H,8-13,24H2,1-2H3,(H,25,30)(H,26,31)(H,27,32)(H,28,29)(H,33,34). The number of nitrogens with one attached hydrogen (secondary N) is 3. The number of benzene rings is 1. The first kappa shape index (κ1) is 31.3. The van der Waals surface area contributed by atoms with E-state index in [0.29, 0.717) is 23.5 Å². The van der Waals surface area contributed by atoms with Gasteiger partial charge in [-0.2, -0.15) is 23.5 Å². The normalized spacial score (nSPS) is 14.1. The van der Waals surface area contributed by atoms with Crippen LogP contribution in [0.4, 0.5) is 0 Å². The highest BCUT2D eigenvalue weighted by molar-refractivity contribution is 7.98. The van der Waals surface area contributed by atoms with Crippen molar-refractivity contribution in [2.75, 3.05) is 24.0 Å². The number of thioether (sulfide) groups is 2. The first-order valence-electron chi connectivity index (χ1n) is 11.2. The van der Waals surface area contributed by atoms with E-state index in [-0.39, 0.29) is 12.8 Å². The number of hydrogen-bond donors (Lipinski definition) is 6. The van der Waals surface area contributed by atoms with Crippen LogP contribution in [0.3, 0.4) is 0 Å². The van der Waals surface area contributed by atoms with Crippen LogP contribution in [0.2, 0.25) is 0 Å². The van der Waals surface area contributed by atoms with Gasteiger partial charge >= 0.3 is 11.9 Å². The molecule has 0 aliphatic carbocycles. The van der Waals surface area contributed by atoms with Crippen LogP contribution in [0.25, 0.3) is 0 Å². The molecule has 0 aliphatic rings. The molecule has 7 N–H and O–H groups in total. The van der Waals surface area contributed by atoms with Crippen molar-refractivity contribution in [1.82, 2.24) is 16.0 Å². The maximum Gasteiger partial charge on any atom is 0.326 e. The third kappa shape index (κ3) is 11.8. The van der Waals surface area contributed by atoms with Crippen molar-refractivity contribution >= 4 is 53.2 Å². The number of rotatable bonds is 17. The van der Waals surface area contributed by atoms with E-state index in [1.54, 1.807) is 42.1 Å². The summed E-state index contributed by atoms with van der Waals surface area (Å²) >= 11 is 3.02. The number of amides is 3. The maximum absolute atomic E-state index is 13.2. The molecule has 0 bridgehead atoms. The zero-order valence-electron chi connectivity index (χ0n) is 20.3. The van der Waals surface area contributed by atoms with Gasteiger partial charge in [-0.15, -0.1) is 0 Å². The number of aliphatic carboxylic acids is 2. The quantitative estimate of drug-likeness (QED) is 0.157. The topological polar surface area (TPSA) is 188 Å². The Labute approximate surface area is 218 Å². The van der Waals surface area contributed by atoms with Crippen molar-refractivity contribution in [2.24, 2.45) is 5.73 Å². The number of nitrogens with two attached hydrogens (primary N) is 1. The van der Waals surface area contributed by atoms with Crippen LogP contribution in [0.1, 0.15) is 24.8 Å². The molecule has 1 aromatic rings. The molecule has 0 radical (unpaired) electrons. The predicted octanol–water partition coefficient (Wildman–Crippen LogP) is 0.0763. The third-order valence-electron chi connectivity index (χ3n) is 5.12. The summed E-state index contributed by atoms with van der Waals surface area (Å²) in [6.07, 6.45) is 3.65. The second kappa shape index (κ2) is 16.8. The first-order chi connectivity index (χ1) is 17.1. The molecule has 0 fully saturated rings. The Bertz CT molecular complexity index is 888. The molecule has 1 aromatic carbocycles. The van der Waals surface area contributed by atoms with Gasteiger partial charge in [0.15, 0.2) is 0 Å². The molecular weight excluding hydrogens is 508 g/mol. The fourth-order valence-corrected chi connectivity index (χ4v) is 4.10. The van der Waals surface area contributed by atoms with Crippen LogP contribution < -0.4 is 21.7 Å². The lowest BCUT2D eigenvalue weighted by atomic mass is 10.0. The number of carboxylic acids is 2. The second-order valence-corrected chi connectivity index (χ2v) is 9.95. The van der Waals surface area contributed by atoms with E-state index < -0.39 is 60.2 Å². The number of hydrogen-bond acceptors (Lipinski definition) is 8. The minimum absolute atomic E-state index is 0.0221. The minimum atomic E-state index is -1.67. The molecule has 4 atom stereocenters. The molecule has 0 saturated carbocycles. The van der Waals surface area contributed by atoms with Crippen molar-refractivity contribution in [2.45, 2.75) is 49.9 Å². The van der Waals surface area contributed by atoms with Gasteiger partial charge in [0.25, 0.3) is 0 Å².